The maximum atomic E-state index is 7.36. The first-order valence-corrected chi connectivity index (χ1v) is 40.0. The summed E-state index contributed by atoms with van der Waals surface area (Å²) >= 11 is 0. The fraction of sp³-hybridized carbons (Fsp3) is 0.0182. The molecule has 0 radical (unpaired) electrons. The van der Waals surface area contributed by atoms with Crippen molar-refractivity contribution in [1.29, 1.82) is 0 Å². The fourth-order valence-corrected chi connectivity index (χ4v) is 18.8. The molecule has 550 valence electrons. The number of hydrogen-bond acceptors (Lipinski definition) is 8. The highest BCUT2D eigenvalue weighted by Gasteiger charge is 2.53. The molecule has 0 saturated heterocycles. The normalized spacial score (nSPS) is 13.8. The Balaban J connectivity index is 0.603. The Kier molecular flexibility index (Phi) is 15.9. The standard InChI is InChI=1S/C110H68N6O2/c1-4-20-71(21-5-1)99-67-101(115-107(113-99)73-24-8-3-9-25-73)84-31-17-28-76(59-84)74-26-16-27-75(58-74)82-43-49-98-106(65-82)118-104-64-81(70-52-56-112-57-53-70)42-47-97(104)110(98)93-39-15-12-36-89(93)90-62-79(40-45-94(90)110)77-29-18-32-85(60-77)102-68-100(72-22-6-2-7-23-72)114-108(116-102)86-33-19-30-78(61-86)83-44-48-96-105(66-83)117-103-63-80(69-50-54-111-55-51-69)41-46-95(103)109(96)91-37-13-10-34-87(91)88-35-11-14-38-92(88)109/h1-68H. The molecular formula is C110H68N6O2. The van der Waals surface area contributed by atoms with E-state index in [1.807, 2.05) is 55.1 Å². The van der Waals surface area contributed by atoms with Crippen molar-refractivity contribution in [2.45, 2.75) is 10.8 Å². The monoisotopic (exact) mass is 1500 g/mol. The van der Waals surface area contributed by atoms with Crippen LogP contribution in [0.15, 0.2) is 413 Å². The molecule has 15 aromatic carbocycles. The van der Waals surface area contributed by atoms with Gasteiger partial charge >= 0.3 is 0 Å². The van der Waals surface area contributed by atoms with Crippen LogP contribution in [0, 0.1) is 0 Å². The van der Waals surface area contributed by atoms with E-state index in [4.69, 9.17) is 29.4 Å². The van der Waals surface area contributed by atoms with Crippen molar-refractivity contribution in [3.8, 4) is 180 Å². The van der Waals surface area contributed by atoms with Crippen LogP contribution in [0.4, 0.5) is 0 Å². The number of hydrogen-bond donors (Lipinski definition) is 0. The number of fused-ring (bicyclic) bond motifs is 18. The van der Waals surface area contributed by atoms with Gasteiger partial charge in [-0.3, -0.25) is 9.97 Å². The minimum Gasteiger partial charge on any atom is -0.457 e. The Morgan fingerprint density at radius 2 is 0.424 bits per heavy atom. The summed E-state index contributed by atoms with van der Waals surface area (Å²) in [6, 6.07) is 139. The predicted octanol–water partition coefficient (Wildman–Crippen LogP) is 27.0. The van der Waals surface area contributed by atoms with Gasteiger partial charge < -0.3 is 9.47 Å². The minimum atomic E-state index is -0.749. The molecule has 0 amide bonds. The molecule has 19 aromatic rings. The minimum absolute atomic E-state index is 0.621. The molecule has 118 heavy (non-hydrogen) atoms. The van der Waals surface area contributed by atoms with Gasteiger partial charge in [-0.25, -0.2) is 19.9 Å². The van der Waals surface area contributed by atoms with Gasteiger partial charge in [-0.05, 0) is 202 Å². The second-order valence-electron chi connectivity index (χ2n) is 30.8. The van der Waals surface area contributed by atoms with E-state index in [-0.39, 0.29) is 0 Å². The Morgan fingerprint density at radius 3 is 0.822 bits per heavy atom. The first-order valence-electron chi connectivity index (χ1n) is 40.0. The van der Waals surface area contributed by atoms with Gasteiger partial charge in [0.2, 0.25) is 0 Å². The summed E-state index contributed by atoms with van der Waals surface area (Å²) in [6.45, 7) is 0. The van der Waals surface area contributed by atoms with Crippen LogP contribution >= 0.6 is 0 Å². The molecule has 23 rings (SSSR count). The maximum Gasteiger partial charge on any atom is 0.160 e. The highest BCUT2D eigenvalue weighted by atomic mass is 16.5. The first-order chi connectivity index (χ1) is 58.4. The molecule has 0 fully saturated rings. The summed E-state index contributed by atoms with van der Waals surface area (Å²) in [6.07, 6.45) is 7.38. The van der Waals surface area contributed by atoms with Crippen molar-refractivity contribution in [3.05, 3.63) is 458 Å². The van der Waals surface area contributed by atoms with E-state index in [1.54, 1.807) is 0 Å². The number of pyridine rings is 2. The lowest BCUT2D eigenvalue weighted by Crippen LogP contribution is -2.32. The number of benzene rings is 15. The molecule has 2 aliphatic heterocycles. The third-order valence-corrected chi connectivity index (χ3v) is 24.3. The molecule has 6 heterocycles. The number of nitrogens with zero attached hydrogens (tertiary/aromatic N) is 6. The molecule has 1 atom stereocenters. The third-order valence-electron chi connectivity index (χ3n) is 24.3. The van der Waals surface area contributed by atoms with Crippen LogP contribution in [-0.4, -0.2) is 29.9 Å². The van der Waals surface area contributed by atoms with E-state index < -0.39 is 10.8 Å². The van der Waals surface area contributed by atoms with Crippen molar-refractivity contribution in [3.63, 3.8) is 0 Å². The van der Waals surface area contributed by atoms with Crippen molar-refractivity contribution in [1.82, 2.24) is 29.9 Å². The van der Waals surface area contributed by atoms with Crippen LogP contribution < -0.4 is 9.47 Å². The highest BCUT2D eigenvalue weighted by Crippen LogP contribution is 2.65. The Bertz CT molecular complexity index is 7150. The van der Waals surface area contributed by atoms with Gasteiger partial charge in [0.1, 0.15) is 23.0 Å². The smallest absolute Gasteiger partial charge is 0.160 e. The average molecular weight is 1510 g/mol. The highest BCUT2D eigenvalue weighted by molar-refractivity contribution is 5.94. The quantitative estimate of drug-likeness (QED) is 0.119. The number of aromatic nitrogens is 6. The Morgan fingerprint density at radius 1 is 0.161 bits per heavy atom. The summed E-state index contributed by atoms with van der Waals surface area (Å²) in [5, 5.41) is 0. The largest absolute Gasteiger partial charge is 0.457 e. The van der Waals surface area contributed by atoms with Gasteiger partial charge in [0, 0.05) is 80.4 Å². The van der Waals surface area contributed by atoms with Gasteiger partial charge in [0.05, 0.1) is 33.6 Å². The van der Waals surface area contributed by atoms with E-state index >= 15 is 0 Å². The Hall–Kier alpha value is -15.6. The zero-order valence-electron chi connectivity index (χ0n) is 63.8. The average Bonchev–Trinajstić information content (AvgIpc) is 1.51. The molecule has 4 aliphatic rings. The number of rotatable bonds is 12. The van der Waals surface area contributed by atoms with Crippen molar-refractivity contribution in [2.75, 3.05) is 0 Å². The van der Waals surface area contributed by atoms with Crippen LogP contribution in [0.1, 0.15) is 44.5 Å². The topological polar surface area (TPSA) is 95.8 Å². The number of ether oxygens (including phenoxy) is 2. The molecule has 8 heteroatoms. The van der Waals surface area contributed by atoms with Crippen molar-refractivity contribution < 1.29 is 9.47 Å². The summed E-state index contributed by atoms with van der Waals surface area (Å²) < 4.78 is 14.6. The second kappa shape index (κ2) is 27.6. The van der Waals surface area contributed by atoms with Gasteiger partial charge in [-0.15, -0.1) is 0 Å². The van der Waals surface area contributed by atoms with Gasteiger partial charge in [-0.2, -0.15) is 0 Å². The predicted molar refractivity (Wildman–Crippen MR) is 473 cm³/mol. The molecule has 4 aromatic heterocycles. The fourth-order valence-electron chi connectivity index (χ4n) is 18.8. The van der Waals surface area contributed by atoms with Gasteiger partial charge in [-0.1, -0.05) is 297 Å². The van der Waals surface area contributed by atoms with Crippen molar-refractivity contribution in [2.24, 2.45) is 0 Å². The van der Waals surface area contributed by atoms with Crippen LogP contribution in [-0.2, 0) is 10.8 Å². The van der Waals surface area contributed by atoms with Gasteiger partial charge in [0.15, 0.2) is 11.6 Å². The molecule has 2 spiro atoms. The van der Waals surface area contributed by atoms with Crippen LogP contribution in [0.2, 0.25) is 0 Å². The third kappa shape index (κ3) is 11.1. The van der Waals surface area contributed by atoms with E-state index in [2.05, 4.69) is 368 Å². The molecule has 1 unspecified atom stereocenters. The lowest BCUT2D eigenvalue weighted by atomic mass is 9.65. The summed E-state index contributed by atoms with van der Waals surface area (Å²) in [5.74, 6) is 4.54. The molecule has 0 saturated carbocycles. The second-order valence-corrected chi connectivity index (χ2v) is 30.8. The molecule has 0 bridgehead atoms. The lowest BCUT2D eigenvalue weighted by Gasteiger charge is -2.39. The molecule has 8 nitrogen and oxygen atoms in total. The summed E-state index contributed by atoms with van der Waals surface area (Å²) in [5.41, 5.74) is 34.6. The molecule has 0 N–H and O–H groups in total. The Labute approximate surface area is 683 Å². The van der Waals surface area contributed by atoms with E-state index in [0.717, 1.165) is 168 Å². The summed E-state index contributed by atoms with van der Waals surface area (Å²) in [7, 11) is 0. The SMILES string of the molecule is c1ccc(-c2cc(-c3cccc(-c4cccc(-c5ccc6c(c5)Oc5cc(-c7ccncc7)ccc5C65c6ccccc6-c6cc(-c7cccc(-c8cc(-c9ccccc9)nc(-c9cccc(-c%10ccc%11c(c%10)Oc%10cc(-c%12ccncc%12)ccc%10C%11%10c%11ccccc%11-c%11ccccc%11%10)c9)n8)c7)ccc65)c4)c3)nc(-c3ccccc3)n2)cc1. The van der Waals surface area contributed by atoms with Gasteiger partial charge in [0.25, 0.3) is 0 Å². The molecular weight excluding hydrogens is 1440 g/mol. The maximum absolute atomic E-state index is 7.36. The zero-order valence-corrected chi connectivity index (χ0v) is 63.8. The van der Waals surface area contributed by atoms with Crippen molar-refractivity contribution >= 4 is 0 Å². The van der Waals surface area contributed by atoms with E-state index in [0.29, 0.717) is 11.6 Å². The van der Waals surface area contributed by atoms with E-state index in [1.165, 1.54) is 44.5 Å². The lowest BCUT2D eigenvalue weighted by molar-refractivity contribution is 0.436. The van der Waals surface area contributed by atoms with Crippen LogP contribution in [0.5, 0.6) is 23.0 Å². The van der Waals surface area contributed by atoms with Crippen LogP contribution in [0.25, 0.3) is 157 Å². The van der Waals surface area contributed by atoms with Crippen LogP contribution in [0.3, 0.4) is 0 Å². The van der Waals surface area contributed by atoms with E-state index in [9.17, 15) is 0 Å². The zero-order chi connectivity index (χ0) is 77.8. The first kappa shape index (κ1) is 68.0. The molecule has 2 aliphatic carbocycles. The summed E-state index contributed by atoms with van der Waals surface area (Å²) in [4.78, 5) is 29.9.